The fourth-order valence-corrected chi connectivity index (χ4v) is 2.30. The van der Waals surface area contributed by atoms with Crippen molar-refractivity contribution in [1.29, 1.82) is 0 Å². The Labute approximate surface area is 118 Å². The number of aliphatic hydroxyl groups excluding tert-OH is 1. The summed E-state index contributed by atoms with van der Waals surface area (Å²) in [4.78, 5) is 0. The molecule has 1 atom stereocenters. The molecule has 0 aliphatic heterocycles. The molecular weight excluding hydrogens is 234 g/mol. The number of hydrogen-bond donors (Lipinski definition) is 2. The fourth-order valence-electron chi connectivity index (χ4n) is 2.30. The van der Waals surface area contributed by atoms with Crippen molar-refractivity contribution in [3.05, 3.63) is 35.9 Å². The fraction of sp³-hybridized carbons (Fsp3) is 0.647. The first-order chi connectivity index (χ1) is 9.15. The summed E-state index contributed by atoms with van der Waals surface area (Å²) in [6.07, 6.45) is 4.30. The van der Waals surface area contributed by atoms with Crippen LogP contribution in [-0.4, -0.2) is 24.3 Å². The topological polar surface area (TPSA) is 32.3 Å². The first-order valence-electron chi connectivity index (χ1n) is 7.54. The highest BCUT2D eigenvalue weighted by Crippen LogP contribution is 2.24. The third kappa shape index (κ3) is 5.33. The number of nitrogens with one attached hydrogen (secondary N) is 1. The lowest BCUT2D eigenvalue weighted by Gasteiger charge is -2.31. The van der Waals surface area contributed by atoms with E-state index in [4.69, 9.17) is 0 Å². The molecule has 0 aliphatic carbocycles. The number of aryl methyl sites for hydroxylation is 1. The van der Waals surface area contributed by atoms with Gasteiger partial charge in [-0.25, -0.2) is 0 Å². The maximum Gasteiger partial charge on any atom is 0.0499 e. The van der Waals surface area contributed by atoms with Gasteiger partial charge in [0.2, 0.25) is 0 Å². The molecule has 0 radical (unpaired) electrons. The van der Waals surface area contributed by atoms with Crippen LogP contribution < -0.4 is 5.32 Å². The molecule has 2 nitrogen and oxygen atoms in total. The van der Waals surface area contributed by atoms with E-state index in [1.807, 2.05) is 0 Å². The van der Waals surface area contributed by atoms with E-state index in [1.165, 1.54) is 5.56 Å². The van der Waals surface area contributed by atoms with Crippen LogP contribution >= 0.6 is 0 Å². The van der Waals surface area contributed by atoms with E-state index in [2.05, 4.69) is 56.4 Å². The van der Waals surface area contributed by atoms with E-state index < -0.39 is 0 Å². The van der Waals surface area contributed by atoms with Gasteiger partial charge >= 0.3 is 0 Å². The summed E-state index contributed by atoms with van der Waals surface area (Å²) in [7, 11) is 0. The maximum atomic E-state index is 9.56. The Bertz CT molecular complexity index is 324. The zero-order valence-electron chi connectivity index (χ0n) is 12.7. The van der Waals surface area contributed by atoms with Gasteiger partial charge in [-0.15, -0.1) is 0 Å². The standard InChI is InChI=1S/C17H29NO/c1-4-17(5-2,14-19)13-18-15(3)11-12-16-9-7-6-8-10-16/h6-10,15,18-19H,4-5,11-14H2,1-3H3. The molecule has 1 unspecified atom stereocenters. The van der Waals surface area contributed by atoms with Crippen LogP contribution in [0.5, 0.6) is 0 Å². The van der Waals surface area contributed by atoms with Gasteiger partial charge in [-0.1, -0.05) is 44.2 Å². The monoisotopic (exact) mass is 263 g/mol. The van der Waals surface area contributed by atoms with Crippen LogP contribution in [0.2, 0.25) is 0 Å². The van der Waals surface area contributed by atoms with Crippen molar-refractivity contribution in [1.82, 2.24) is 5.32 Å². The molecule has 2 heteroatoms. The SMILES string of the molecule is CCC(CC)(CO)CNC(C)CCc1ccccc1. The highest BCUT2D eigenvalue weighted by molar-refractivity contribution is 5.14. The highest BCUT2D eigenvalue weighted by Gasteiger charge is 2.25. The molecule has 0 bridgehead atoms. The van der Waals surface area contributed by atoms with E-state index in [0.717, 1.165) is 32.2 Å². The van der Waals surface area contributed by atoms with Gasteiger partial charge in [0.25, 0.3) is 0 Å². The molecule has 0 amide bonds. The quantitative estimate of drug-likeness (QED) is 0.716. The van der Waals surface area contributed by atoms with Crippen molar-refractivity contribution in [2.24, 2.45) is 5.41 Å². The number of hydrogen-bond acceptors (Lipinski definition) is 2. The van der Waals surface area contributed by atoms with Crippen LogP contribution in [0.3, 0.4) is 0 Å². The molecule has 108 valence electrons. The second kappa shape index (κ2) is 8.34. The van der Waals surface area contributed by atoms with Crippen molar-refractivity contribution in [3.63, 3.8) is 0 Å². The minimum Gasteiger partial charge on any atom is -0.396 e. The van der Waals surface area contributed by atoms with Gasteiger partial charge < -0.3 is 10.4 Å². The van der Waals surface area contributed by atoms with Crippen LogP contribution in [0.4, 0.5) is 0 Å². The van der Waals surface area contributed by atoms with Gasteiger partial charge in [-0.3, -0.25) is 0 Å². The molecule has 0 aromatic heterocycles. The number of aliphatic hydroxyl groups is 1. The van der Waals surface area contributed by atoms with Crippen LogP contribution in [0.15, 0.2) is 30.3 Å². The minimum absolute atomic E-state index is 0.0566. The molecular formula is C17H29NO. The average Bonchev–Trinajstić information content (AvgIpc) is 2.48. The zero-order chi connectivity index (χ0) is 14.1. The van der Waals surface area contributed by atoms with Gasteiger partial charge in [0, 0.05) is 24.6 Å². The molecule has 0 saturated carbocycles. The van der Waals surface area contributed by atoms with Crippen LogP contribution in [0, 0.1) is 5.41 Å². The molecule has 0 aliphatic rings. The van der Waals surface area contributed by atoms with Crippen LogP contribution in [-0.2, 0) is 6.42 Å². The second-order valence-corrected chi connectivity index (χ2v) is 5.67. The summed E-state index contributed by atoms with van der Waals surface area (Å²) in [5.41, 5.74) is 1.46. The molecule has 0 spiro atoms. The lowest BCUT2D eigenvalue weighted by Crippen LogP contribution is -2.40. The Balaban J connectivity index is 2.33. The summed E-state index contributed by atoms with van der Waals surface area (Å²) >= 11 is 0. The van der Waals surface area contributed by atoms with Gasteiger partial charge in [0.15, 0.2) is 0 Å². The molecule has 0 saturated heterocycles. The molecule has 1 aromatic rings. The van der Waals surface area contributed by atoms with Gasteiger partial charge in [-0.2, -0.15) is 0 Å². The number of benzene rings is 1. The Morgan fingerprint density at radius 3 is 2.32 bits per heavy atom. The molecule has 0 fully saturated rings. The first-order valence-corrected chi connectivity index (χ1v) is 7.54. The normalized spacial score (nSPS) is 13.5. The lowest BCUT2D eigenvalue weighted by atomic mass is 9.83. The summed E-state index contributed by atoms with van der Waals surface area (Å²) in [6.45, 7) is 7.74. The predicted octanol–water partition coefficient (Wildman–Crippen LogP) is 3.40. The summed E-state index contributed by atoms with van der Waals surface area (Å²) in [5.74, 6) is 0. The van der Waals surface area contributed by atoms with E-state index in [-0.39, 0.29) is 12.0 Å². The molecule has 1 rings (SSSR count). The van der Waals surface area contributed by atoms with E-state index in [9.17, 15) is 5.11 Å². The Kier molecular flexibility index (Phi) is 7.11. The highest BCUT2D eigenvalue weighted by atomic mass is 16.3. The van der Waals surface area contributed by atoms with Gasteiger partial charge in [0.1, 0.15) is 0 Å². The third-order valence-electron chi connectivity index (χ3n) is 4.37. The van der Waals surface area contributed by atoms with Crippen molar-refractivity contribution in [2.75, 3.05) is 13.2 Å². The molecule has 0 heterocycles. The average molecular weight is 263 g/mol. The molecule has 2 N–H and O–H groups in total. The minimum atomic E-state index is 0.0566. The van der Waals surface area contributed by atoms with Gasteiger partial charge in [0.05, 0.1) is 0 Å². The summed E-state index contributed by atoms with van der Waals surface area (Å²) < 4.78 is 0. The van der Waals surface area contributed by atoms with Gasteiger partial charge in [-0.05, 0) is 38.2 Å². The van der Waals surface area contributed by atoms with E-state index in [0.29, 0.717) is 6.04 Å². The van der Waals surface area contributed by atoms with Crippen LogP contribution in [0.25, 0.3) is 0 Å². The van der Waals surface area contributed by atoms with Crippen molar-refractivity contribution in [3.8, 4) is 0 Å². The largest absolute Gasteiger partial charge is 0.396 e. The zero-order valence-corrected chi connectivity index (χ0v) is 12.7. The van der Waals surface area contributed by atoms with E-state index in [1.54, 1.807) is 0 Å². The van der Waals surface area contributed by atoms with Crippen molar-refractivity contribution < 1.29 is 5.11 Å². The maximum absolute atomic E-state index is 9.56. The van der Waals surface area contributed by atoms with Crippen molar-refractivity contribution >= 4 is 0 Å². The third-order valence-corrected chi connectivity index (χ3v) is 4.37. The second-order valence-electron chi connectivity index (χ2n) is 5.67. The smallest absolute Gasteiger partial charge is 0.0499 e. The Morgan fingerprint density at radius 2 is 1.79 bits per heavy atom. The summed E-state index contributed by atoms with van der Waals surface area (Å²) in [5, 5.41) is 13.1. The van der Waals surface area contributed by atoms with E-state index >= 15 is 0 Å². The van der Waals surface area contributed by atoms with Crippen molar-refractivity contribution in [2.45, 2.75) is 52.5 Å². The Hall–Kier alpha value is -0.860. The first kappa shape index (κ1) is 16.2. The molecule has 19 heavy (non-hydrogen) atoms. The number of rotatable bonds is 9. The Morgan fingerprint density at radius 1 is 1.16 bits per heavy atom. The predicted molar refractivity (Wildman–Crippen MR) is 82.3 cm³/mol. The van der Waals surface area contributed by atoms with Crippen LogP contribution in [0.1, 0.15) is 45.6 Å². The summed E-state index contributed by atoms with van der Waals surface area (Å²) in [6, 6.07) is 11.1. The lowest BCUT2D eigenvalue weighted by molar-refractivity contribution is 0.110. The molecule has 1 aromatic carbocycles.